The lowest BCUT2D eigenvalue weighted by molar-refractivity contribution is 0.310. The third-order valence-electron chi connectivity index (χ3n) is 3.91. The number of methoxy groups -OCH3 is 1. The van der Waals surface area contributed by atoms with Crippen molar-refractivity contribution < 1.29 is 18.3 Å². The summed E-state index contributed by atoms with van der Waals surface area (Å²) in [5.41, 5.74) is 1.33. The van der Waals surface area contributed by atoms with Gasteiger partial charge in [0.2, 0.25) is 0 Å². The van der Waals surface area contributed by atoms with Gasteiger partial charge in [-0.2, -0.15) is 0 Å². The SMILES string of the molecule is CCOc1cc(CNC(=NC)NCCc2cc(F)ccc2F)ccc1OC.I. The van der Waals surface area contributed by atoms with Gasteiger partial charge in [-0.3, -0.25) is 4.99 Å². The summed E-state index contributed by atoms with van der Waals surface area (Å²) in [5.74, 6) is 1.07. The van der Waals surface area contributed by atoms with Gasteiger partial charge in [-0.05, 0) is 54.8 Å². The largest absolute Gasteiger partial charge is 0.493 e. The van der Waals surface area contributed by atoms with Crippen LogP contribution in [0.25, 0.3) is 0 Å². The van der Waals surface area contributed by atoms with E-state index in [1.807, 2.05) is 25.1 Å². The molecule has 0 spiro atoms. The lowest BCUT2D eigenvalue weighted by atomic mass is 10.1. The summed E-state index contributed by atoms with van der Waals surface area (Å²) in [4.78, 5) is 4.14. The van der Waals surface area contributed by atoms with Crippen LogP contribution in [0.5, 0.6) is 11.5 Å². The third-order valence-corrected chi connectivity index (χ3v) is 3.91. The average Bonchev–Trinajstić information content (AvgIpc) is 2.67. The van der Waals surface area contributed by atoms with Crippen LogP contribution in [0.4, 0.5) is 8.78 Å². The number of ether oxygens (including phenoxy) is 2. The number of aliphatic imine (C=N–C) groups is 1. The number of rotatable bonds is 8. The van der Waals surface area contributed by atoms with E-state index in [-0.39, 0.29) is 24.0 Å². The monoisotopic (exact) mass is 505 g/mol. The second-order valence-corrected chi connectivity index (χ2v) is 5.76. The molecular formula is C20H26F2IN3O2. The van der Waals surface area contributed by atoms with Crippen molar-refractivity contribution in [2.45, 2.75) is 19.9 Å². The molecule has 28 heavy (non-hydrogen) atoms. The predicted molar refractivity (Wildman–Crippen MR) is 118 cm³/mol. The highest BCUT2D eigenvalue weighted by molar-refractivity contribution is 14.0. The minimum Gasteiger partial charge on any atom is -0.493 e. The van der Waals surface area contributed by atoms with Crippen molar-refractivity contribution in [1.82, 2.24) is 10.6 Å². The normalized spacial score (nSPS) is 10.8. The zero-order valence-corrected chi connectivity index (χ0v) is 18.6. The van der Waals surface area contributed by atoms with E-state index in [0.29, 0.717) is 49.1 Å². The van der Waals surface area contributed by atoms with Crippen molar-refractivity contribution in [3.63, 3.8) is 0 Å². The highest BCUT2D eigenvalue weighted by atomic mass is 127. The number of halogens is 3. The van der Waals surface area contributed by atoms with E-state index in [1.54, 1.807) is 14.2 Å². The molecule has 0 bridgehead atoms. The number of nitrogens with one attached hydrogen (secondary N) is 2. The molecule has 0 atom stereocenters. The fraction of sp³-hybridized carbons (Fsp3) is 0.350. The Morgan fingerprint density at radius 1 is 1.07 bits per heavy atom. The zero-order valence-electron chi connectivity index (χ0n) is 16.2. The molecule has 0 saturated heterocycles. The maximum atomic E-state index is 13.6. The van der Waals surface area contributed by atoms with Crippen LogP contribution < -0.4 is 20.1 Å². The summed E-state index contributed by atoms with van der Waals surface area (Å²) in [5, 5.41) is 6.27. The summed E-state index contributed by atoms with van der Waals surface area (Å²) >= 11 is 0. The molecule has 2 aromatic carbocycles. The highest BCUT2D eigenvalue weighted by Crippen LogP contribution is 2.27. The first kappa shape index (κ1) is 23.9. The van der Waals surface area contributed by atoms with E-state index in [1.165, 1.54) is 6.07 Å². The molecule has 0 aromatic heterocycles. The number of hydrogen-bond donors (Lipinski definition) is 2. The van der Waals surface area contributed by atoms with Gasteiger partial charge in [-0.25, -0.2) is 8.78 Å². The summed E-state index contributed by atoms with van der Waals surface area (Å²) in [6, 6.07) is 9.15. The molecule has 2 aromatic rings. The lowest BCUT2D eigenvalue weighted by Gasteiger charge is -2.14. The van der Waals surface area contributed by atoms with Crippen LogP contribution in [0.2, 0.25) is 0 Å². The molecule has 5 nitrogen and oxygen atoms in total. The number of benzene rings is 2. The average molecular weight is 505 g/mol. The van der Waals surface area contributed by atoms with Crippen LogP contribution in [-0.4, -0.2) is 33.3 Å². The van der Waals surface area contributed by atoms with E-state index in [0.717, 1.165) is 17.7 Å². The molecule has 0 aliphatic rings. The summed E-state index contributed by atoms with van der Waals surface area (Å²) in [7, 11) is 3.25. The first-order valence-corrected chi connectivity index (χ1v) is 8.75. The Balaban J connectivity index is 0.00000392. The molecule has 0 unspecified atom stereocenters. The topological polar surface area (TPSA) is 54.9 Å². The standard InChI is InChI=1S/C20H25F2N3O2.HI/c1-4-27-19-11-14(5-8-18(19)26-3)13-25-20(23-2)24-10-9-15-12-16(21)6-7-17(15)22;/h5-8,11-12H,4,9-10,13H2,1-3H3,(H2,23,24,25);1H. The van der Waals surface area contributed by atoms with Crippen LogP contribution in [0.15, 0.2) is 41.4 Å². The second-order valence-electron chi connectivity index (χ2n) is 5.76. The molecule has 0 saturated carbocycles. The van der Waals surface area contributed by atoms with E-state index < -0.39 is 11.6 Å². The number of hydrogen-bond acceptors (Lipinski definition) is 3. The highest BCUT2D eigenvalue weighted by Gasteiger charge is 2.07. The summed E-state index contributed by atoms with van der Waals surface area (Å²) in [6.45, 7) is 3.41. The van der Waals surface area contributed by atoms with Gasteiger partial charge in [0.05, 0.1) is 13.7 Å². The maximum Gasteiger partial charge on any atom is 0.191 e. The summed E-state index contributed by atoms with van der Waals surface area (Å²) < 4.78 is 37.7. The minimum atomic E-state index is -0.446. The first-order valence-electron chi connectivity index (χ1n) is 8.75. The van der Waals surface area contributed by atoms with Crippen LogP contribution in [0.1, 0.15) is 18.1 Å². The zero-order chi connectivity index (χ0) is 19.6. The Morgan fingerprint density at radius 3 is 2.54 bits per heavy atom. The number of nitrogens with zero attached hydrogens (tertiary/aromatic N) is 1. The van der Waals surface area contributed by atoms with E-state index in [2.05, 4.69) is 15.6 Å². The molecule has 2 rings (SSSR count). The van der Waals surface area contributed by atoms with Crippen LogP contribution >= 0.6 is 24.0 Å². The molecule has 0 fully saturated rings. The van der Waals surface area contributed by atoms with Crippen LogP contribution in [0, 0.1) is 11.6 Å². The smallest absolute Gasteiger partial charge is 0.191 e. The molecule has 0 heterocycles. The van der Waals surface area contributed by atoms with Gasteiger partial charge < -0.3 is 20.1 Å². The molecule has 154 valence electrons. The first-order chi connectivity index (χ1) is 13.1. The molecular weight excluding hydrogens is 479 g/mol. The van der Waals surface area contributed by atoms with Crippen molar-refractivity contribution in [1.29, 1.82) is 0 Å². The Hall–Kier alpha value is -2.10. The molecule has 8 heteroatoms. The van der Waals surface area contributed by atoms with E-state index in [9.17, 15) is 8.78 Å². The van der Waals surface area contributed by atoms with Gasteiger partial charge >= 0.3 is 0 Å². The van der Waals surface area contributed by atoms with Crippen molar-refractivity contribution in [3.05, 3.63) is 59.2 Å². The minimum absolute atomic E-state index is 0. The molecule has 0 amide bonds. The quantitative estimate of drug-likeness (QED) is 0.325. The van der Waals surface area contributed by atoms with Crippen molar-refractivity contribution in [2.75, 3.05) is 27.3 Å². The third kappa shape index (κ3) is 7.14. The van der Waals surface area contributed by atoms with Gasteiger partial charge in [0, 0.05) is 20.1 Å². The predicted octanol–water partition coefficient (Wildman–Crippen LogP) is 3.90. The maximum absolute atomic E-state index is 13.6. The van der Waals surface area contributed by atoms with Crippen molar-refractivity contribution >= 4 is 29.9 Å². The molecule has 0 aliphatic carbocycles. The molecule has 0 radical (unpaired) electrons. The van der Waals surface area contributed by atoms with Gasteiger partial charge in [-0.15, -0.1) is 24.0 Å². The Bertz CT molecular complexity index is 788. The van der Waals surface area contributed by atoms with Crippen molar-refractivity contribution in [3.8, 4) is 11.5 Å². The fourth-order valence-electron chi connectivity index (χ4n) is 2.56. The van der Waals surface area contributed by atoms with Crippen LogP contribution in [-0.2, 0) is 13.0 Å². The molecule has 2 N–H and O–H groups in total. The Kier molecular flexibility index (Phi) is 10.6. The summed E-state index contributed by atoms with van der Waals surface area (Å²) in [6.07, 6.45) is 0.349. The van der Waals surface area contributed by atoms with E-state index >= 15 is 0 Å². The van der Waals surface area contributed by atoms with Gasteiger partial charge in [0.15, 0.2) is 17.5 Å². The van der Waals surface area contributed by atoms with Crippen molar-refractivity contribution in [2.24, 2.45) is 4.99 Å². The van der Waals surface area contributed by atoms with E-state index in [4.69, 9.17) is 9.47 Å². The Morgan fingerprint density at radius 2 is 1.86 bits per heavy atom. The number of guanidine groups is 1. The van der Waals surface area contributed by atoms with Gasteiger partial charge in [-0.1, -0.05) is 6.07 Å². The Labute approximate surface area is 181 Å². The van der Waals surface area contributed by atoms with Crippen LogP contribution in [0.3, 0.4) is 0 Å². The molecule has 0 aliphatic heterocycles. The fourth-order valence-corrected chi connectivity index (χ4v) is 2.56. The lowest BCUT2D eigenvalue weighted by Crippen LogP contribution is -2.37. The second kappa shape index (κ2) is 12.4. The van der Waals surface area contributed by atoms with Gasteiger partial charge in [0.25, 0.3) is 0 Å². The van der Waals surface area contributed by atoms with Gasteiger partial charge in [0.1, 0.15) is 11.6 Å².